The van der Waals surface area contributed by atoms with E-state index in [2.05, 4.69) is 10.2 Å². The van der Waals surface area contributed by atoms with E-state index in [1.807, 2.05) is 0 Å². The summed E-state index contributed by atoms with van der Waals surface area (Å²) in [6.45, 7) is 2.36. The van der Waals surface area contributed by atoms with Crippen molar-refractivity contribution in [2.24, 2.45) is 5.92 Å². The van der Waals surface area contributed by atoms with Gasteiger partial charge in [-0.25, -0.2) is 12.7 Å². The molecular formula is C13H25N3O3S. The molecule has 2 heterocycles. The van der Waals surface area contributed by atoms with Crippen molar-refractivity contribution in [2.45, 2.75) is 31.7 Å². The quantitative estimate of drug-likeness (QED) is 0.768. The molecule has 2 saturated heterocycles. The molecule has 2 aliphatic rings. The summed E-state index contributed by atoms with van der Waals surface area (Å²) in [7, 11) is 0.0141. The molecule has 0 aromatic heterocycles. The van der Waals surface area contributed by atoms with Crippen molar-refractivity contribution in [3.8, 4) is 0 Å². The highest BCUT2D eigenvalue weighted by Crippen LogP contribution is 2.21. The first-order valence-electron chi connectivity index (χ1n) is 7.31. The summed E-state index contributed by atoms with van der Waals surface area (Å²) in [6, 6.07) is 0.237. The van der Waals surface area contributed by atoms with Crippen molar-refractivity contribution in [2.75, 3.05) is 39.5 Å². The molecule has 0 radical (unpaired) electrons. The molecule has 0 aromatic carbocycles. The van der Waals surface area contributed by atoms with Gasteiger partial charge in [0, 0.05) is 33.2 Å². The molecule has 0 aliphatic carbocycles. The standard InChI is InChI=1S/C13H25N3O3S/c1-15(2)20(18,19)8-4-7-16-9-11-5-3-6-12(10-16)14-13(11)17/h11-12H,3-10H2,1-2H3,(H,14,17)/t11-,12+/m1/s1. The number of sulfonamides is 1. The molecular weight excluding hydrogens is 278 g/mol. The highest BCUT2D eigenvalue weighted by Gasteiger charge is 2.32. The zero-order valence-electron chi connectivity index (χ0n) is 12.3. The predicted octanol–water partition coefficient (Wildman–Crippen LogP) is -0.132. The van der Waals surface area contributed by atoms with Gasteiger partial charge in [0.2, 0.25) is 15.9 Å². The predicted molar refractivity (Wildman–Crippen MR) is 77.8 cm³/mol. The van der Waals surface area contributed by atoms with E-state index in [0.717, 1.165) is 38.9 Å². The van der Waals surface area contributed by atoms with E-state index in [4.69, 9.17) is 0 Å². The molecule has 2 rings (SSSR count). The van der Waals surface area contributed by atoms with Crippen LogP contribution in [0.25, 0.3) is 0 Å². The fraction of sp³-hybridized carbons (Fsp3) is 0.923. The molecule has 20 heavy (non-hydrogen) atoms. The number of carbonyl (C=O) groups excluding carboxylic acids is 1. The lowest BCUT2D eigenvalue weighted by Gasteiger charge is -2.27. The van der Waals surface area contributed by atoms with Crippen LogP contribution in [0.15, 0.2) is 0 Å². The summed E-state index contributed by atoms with van der Waals surface area (Å²) in [5.41, 5.74) is 0. The van der Waals surface area contributed by atoms with E-state index in [1.165, 1.54) is 4.31 Å². The van der Waals surface area contributed by atoms with Gasteiger partial charge in [-0.3, -0.25) is 4.79 Å². The minimum atomic E-state index is -3.11. The summed E-state index contributed by atoms with van der Waals surface area (Å²) in [6.07, 6.45) is 3.72. The first-order valence-corrected chi connectivity index (χ1v) is 8.92. The maximum absolute atomic E-state index is 11.9. The van der Waals surface area contributed by atoms with Crippen LogP contribution in [0.5, 0.6) is 0 Å². The first kappa shape index (κ1) is 15.7. The number of fused-ring (bicyclic) bond motifs is 3. The van der Waals surface area contributed by atoms with E-state index >= 15 is 0 Å². The third-order valence-electron chi connectivity index (χ3n) is 4.21. The van der Waals surface area contributed by atoms with Crippen LogP contribution in [0.4, 0.5) is 0 Å². The fourth-order valence-corrected chi connectivity index (χ4v) is 3.84. The lowest BCUT2D eigenvalue weighted by atomic mass is 9.99. The number of likely N-dealkylation sites (tertiary alicyclic amines) is 1. The van der Waals surface area contributed by atoms with Crippen molar-refractivity contribution in [3.05, 3.63) is 0 Å². The van der Waals surface area contributed by atoms with E-state index in [1.54, 1.807) is 14.1 Å². The molecule has 1 N–H and O–H groups in total. The summed E-state index contributed by atoms with van der Waals surface area (Å²) in [4.78, 5) is 14.2. The Balaban J connectivity index is 1.86. The average Bonchev–Trinajstić information content (AvgIpc) is 2.57. The second kappa shape index (κ2) is 6.41. The Bertz CT molecular complexity index is 450. The van der Waals surface area contributed by atoms with Gasteiger partial charge in [-0.15, -0.1) is 0 Å². The minimum absolute atomic E-state index is 0.0768. The second-order valence-corrected chi connectivity index (χ2v) is 8.35. The number of hydrogen-bond acceptors (Lipinski definition) is 4. The normalized spacial score (nSPS) is 28.2. The molecule has 0 unspecified atom stereocenters. The van der Waals surface area contributed by atoms with Gasteiger partial charge in [-0.2, -0.15) is 0 Å². The second-order valence-electron chi connectivity index (χ2n) is 6.04. The van der Waals surface area contributed by atoms with E-state index < -0.39 is 10.0 Å². The van der Waals surface area contributed by atoms with Crippen LogP contribution in [-0.2, 0) is 14.8 Å². The number of hydrogen-bond donors (Lipinski definition) is 1. The van der Waals surface area contributed by atoms with Gasteiger partial charge < -0.3 is 10.2 Å². The van der Waals surface area contributed by atoms with Gasteiger partial charge in [-0.1, -0.05) is 6.42 Å². The molecule has 2 atom stereocenters. The lowest BCUT2D eigenvalue weighted by molar-refractivity contribution is -0.124. The SMILES string of the molecule is CN(C)S(=O)(=O)CCCN1C[C@@H]2CCC[C@H](C1)C(=O)N2. The Kier molecular flexibility index (Phi) is 5.04. The van der Waals surface area contributed by atoms with Crippen molar-refractivity contribution >= 4 is 15.9 Å². The Labute approximate surface area is 121 Å². The lowest BCUT2D eigenvalue weighted by Crippen LogP contribution is -2.39. The molecule has 0 spiro atoms. The van der Waals surface area contributed by atoms with E-state index in [9.17, 15) is 13.2 Å². The molecule has 6 nitrogen and oxygen atoms in total. The number of amides is 1. The van der Waals surface area contributed by atoms with Gasteiger partial charge in [0.25, 0.3) is 0 Å². The van der Waals surface area contributed by atoms with Crippen molar-refractivity contribution in [1.82, 2.24) is 14.5 Å². The van der Waals surface area contributed by atoms with Gasteiger partial charge in [-0.05, 0) is 25.8 Å². The van der Waals surface area contributed by atoms with Crippen molar-refractivity contribution in [1.29, 1.82) is 0 Å². The molecule has 2 aliphatic heterocycles. The number of nitrogens with zero attached hydrogens (tertiary/aromatic N) is 2. The van der Waals surface area contributed by atoms with Crippen LogP contribution >= 0.6 is 0 Å². The largest absolute Gasteiger partial charge is 0.352 e. The summed E-state index contributed by atoms with van der Waals surface area (Å²) in [5, 5.41) is 3.09. The molecule has 7 heteroatoms. The van der Waals surface area contributed by atoms with Crippen LogP contribution in [0, 0.1) is 5.92 Å². The Morgan fingerprint density at radius 3 is 2.75 bits per heavy atom. The highest BCUT2D eigenvalue weighted by molar-refractivity contribution is 7.89. The van der Waals surface area contributed by atoms with Crippen LogP contribution < -0.4 is 5.32 Å². The maximum atomic E-state index is 11.9. The van der Waals surface area contributed by atoms with Gasteiger partial charge in [0.1, 0.15) is 0 Å². The van der Waals surface area contributed by atoms with Crippen LogP contribution in [0.3, 0.4) is 0 Å². The summed E-state index contributed by atoms with van der Waals surface area (Å²) in [5.74, 6) is 0.427. The zero-order chi connectivity index (χ0) is 14.8. The van der Waals surface area contributed by atoms with E-state index in [0.29, 0.717) is 6.42 Å². The highest BCUT2D eigenvalue weighted by atomic mass is 32.2. The van der Waals surface area contributed by atoms with Gasteiger partial charge in [0.15, 0.2) is 0 Å². The fourth-order valence-electron chi connectivity index (χ4n) is 2.98. The maximum Gasteiger partial charge on any atom is 0.224 e. The first-order chi connectivity index (χ1) is 9.38. The topological polar surface area (TPSA) is 69.7 Å². The van der Waals surface area contributed by atoms with Crippen LogP contribution in [0.2, 0.25) is 0 Å². The smallest absolute Gasteiger partial charge is 0.224 e. The van der Waals surface area contributed by atoms with Crippen molar-refractivity contribution < 1.29 is 13.2 Å². The Morgan fingerprint density at radius 2 is 2.05 bits per heavy atom. The Morgan fingerprint density at radius 1 is 1.30 bits per heavy atom. The Hall–Kier alpha value is -0.660. The van der Waals surface area contributed by atoms with Gasteiger partial charge in [0.05, 0.1) is 11.7 Å². The average molecular weight is 303 g/mol. The van der Waals surface area contributed by atoms with Crippen LogP contribution in [0.1, 0.15) is 25.7 Å². The number of rotatable bonds is 5. The molecule has 0 aromatic rings. The van der Waals surface area contributed by atoms with Gasteiger partial charge >= 0.3 is 0 Å². The number of carbonyl (C=O) groups is 1. The molecule has 2 fully saturated rings. The third kappa shape index (κ3) is 3.93. The van der Waals surface area contributed by atoms with Crippen molar-refractivity contribution in [3.63, 3.8) is 0 Å². The third-order valence-corrected chi connectivity index (χ3v) is 6.13. The zero-order valence-corrected chi connectivity index (χ0v) is 13.2. The molecule has 1 amide bonds. The number of nitrogens with one attached hydrogen (secondary N) is 1. The molecule has 116 valence electrons. The molecule has 2 bridgehead atoms. The minimum Gasteiger partial charge on any atom is -0.352 e. The summed E-state index contributed by atoms with van der Waals surface area (Å²) < 4.78 is 24.7. The van der Waals surface area contributed by atoms with E-state index in [-0.39, 0.29) is 23.6 Å². The summed E-state index contributed by atoms with van der Waals surface area (Å²) >= 11 is 0. The molecule has 0 saturated carbocycles. The monoisotopic (exact) mass is 303 g/mol. The van der Waals surface area contributed by atoms with Crippen LogP contribution in [-0.4, -0.2) is 69.1 Å².